The van der Waals surface area contributed by atoms with Crippen LogP contribution >= 0.6 is 0 Å². The Morgan fingerprint density at radius 3 is 1.79 bits per heavy atom. The summed E-state index contributed by atoms with van der Waals surface area (Å²) in [6.45, 7) is 0. The highest BCUT2D eigenvalue weighted by atomic mass is 16.1. The van der Waals surface area contributed by atoms with E-state index in [2.05, 4.69) is 72.8 Å². The van der Waals surface area contributed by atoms with E-state index in [1.807, 2.05) is 24.3 Å². The summed E-state index contributed by atoms with van der Waals surface area (Å²) in [6.07, 6.45) is 1.25. The number of carbonyl (C=O) groups is 1. The molecule has 0 N–H and O–H groups in total. The zero-order chi connectivity index (χ0) is 18.9. The molecular weight excluding hydrogens is 340 g/mol. The fourth-order valence-corrected chi connectivity index (χ4v) is 4.20. The van der Waals surface area contributed by atoms with Gasteiger partial charge in [0.2, 0.25) is 0 Å². The highest BCUT2D eigenvalue weighted by Crippen LogP contribution is 2.30. The molecule has 1 nitrogen and oxygen atoms in total. The van der Waals surface area contributed by atoms with Crippen molar-refractivity contribution in [3.05, 3.63) is 108 Å². The van der Waals surface area contributed by atoms with Crippen molar-refractivity contribution in [2.75, 3.05) is 0 Å². The van der Waals surface area contributed by atoms with E-state index in [9.17, 15) is 4.79 Å². The maximum Gasteiger partial charge on any atom is 0.164 e. The van der Waals surface area contributed by atoms with E-state index in [-0.39, 0.29) is 5.78 Å². The van der Waals surface area contributed by atoms with Crippen LogP contribution < -0.4 is 0 Å². The smallest absolute Gasteiger partial charge is 0.164 e. The molecule has 0 aliphatic heterocycles. The average Bonchev–Trinajstić information content (AvgIpc) is 2.75. The zero-order valence-corrected chi connectivity index (χ0v) is 15.6. The van der Waals surface area contributed by atoms with Gasteiger partial charge in [0.1, 0.15) is 0 Å². The monoisotopic (exact) mass is 360 g/mol. The zero-order valence-electron chi connectivity index (χ0n) is 15.6. The molecular formula is C27H20O. The Labute approximate surface area is 164 Å². The first-order valence-electron chi connectivity index (χ1n) is 9.71. The van der Waals surface area contributed by atoms with Crippen LogP contribution in [-0.2, 0) is 6.42 Å². The molecule has 0 saturated carbocycles. The van der Waals surface area contributed by atoms with Gasteiger partial charge in [0.05, 0.1) is 0 Å². The summed E-state index contributed by atoms with van der Waals surface area (Å²) in [5, 5.41) is 6.79. The number of Topliss-reactive ketones (excluding diaryl/α,β-unsaturated/α-hetero) is 1. The van der Waals surface area contributed by atoms with Crippen molar-refractivity contribution < 1.29 is 4.79 Å². The average molecular weight is 360 g/mol. The molecule has 0 aliphatic rings. The van der Waals surface area contributed by atoms with Gasteiger partial charge < -0.3 is 0 Å². The summed E-state index contributed by atoms with van der Waals surface area (Å²) in [5.41, 5.74) is 2.09. The maximum absolute atomic E-state index is 13.4. The Bertz CT molecular complexity index is 1270. The van der Waals surface area contributed by atoms with E-state index >= 15 is 0 Å². The van der Waals surface area contributed by atoms with E-state index < -0.39 is 0 Å². The molecule has 5 aromatic rings. The highest BCUT2D eigenvalue weighted by Gasteiger charge is 2.15. The lowest BCUT2D eigenvalue weighted by molar-refractivity contribution is 0.0986. The summed E-state index contributed by atoms with van der Waals surface area (Å²) in [4.78, 5) is 13.4. The molecule has 0 heterocycles. The number of benzene rings is 5. The van der Waals surface area contributed by atoms with Crippen LogP contribution in [0.1, 0.15) is 22.3 Å². The van der Waals surface area contributed by atoms with E-state index in [0.717, 1.165) is 33.5 Å². The van der Waals surface area contributed by atoms with Crippen LogP contribution in [0, 0.1) is 0 Å². The maximum atomic E-state index is 13.4. The van der Waals surface area contributed by atoms with Crippen LogP contribution in [0.2, 0.25) is 0 Å². The number of hydrogen-bond acceptors (Lipinski definition) is 1. The number of hydrogen-bond donors (Lipinski definition) is 0. The number of rotatable bonds is 4. The third-order valence-electron chi connectivity index (χ3n) is 5.55. The molecule has 5 aromatic carbocycles. The molecule has 134 valence electrons. The van der Waals surface area contributed by atoms with E-state index in [1.54, 1.807) is 0 Å². The molecule has 1 heteroatoms. The minimum atomic E-state index is 0.209. The van der Waals surface area contributed by atoms with Crippen molar-refractivity contribution in [1.29, 1.82) is 0 Å². The molecule has 0 aromatic heterocycles. The second-order valence-corrected chi connectivity index (χ2v) is 7.26. The minimum Gasteiger partial charge on any atom is -0.294 e. The molecule has 0 spiro atoms. The number of carbonyl (C=O) groups excluding carboxylic acids is 1. The number of aryl methyl sites for hydroxylation is 1. The topological polar surface area (TPSA) is 17.1 Å². The molecule has 28 heavy (non-hydrogen) atoms. The molecule has 0 saturated heterocycles. The highest BCUT2D eigenvalue weighted by molar-refractivity contribution is 6.19. The minimum absolute atomic E-state index is 0.209. The number of ketones is 1. The van der Waals surface area contributed by atoms with Gasteiger partial charge in [0, 0.05) is 12.0 Å². The summed E-state index contributed by atoms with van der Waals surface area (Å²) in [7, 11) is 0. The van der Waals surface area contributed by atoms with E-state index in [1.165, 1.54) is 16.3 Å². The Morgan fingerprint density at radius 2 is 1.11 bits per heavy atom. The van der Waals surface area contributed by atoms with E-state index in [4.69, 9.17) is 0 Å². The summed E-state index contributed by atoms with van der Waals surface area (Å²) < 4.78 is 0. The van der Waals surface area contributed by atoms with Gasteiger partial charge in [-0.1, -0.05) is 91.0 Å². The number of fused-ring (bicyclic) bond motifs is 3. The van der Waals surface area contributed by atoms with E-state index in [0.29, 0.717) is 6.42 Å². The van der Waals surface area contributed by atoms with Gasteiger partial charge in [-0.25, -0.2) is 0 Å². The lowest BCUT2D eigenvalue weighted by Crippen LogP contribution is -2.04. The second kappa shape index (κ2) is 6.94. The van der Waals surface area contributed by atoms with Crippen molar-refractivity contribution in [2.24, 2.45) is 0 Å². The van der Waals surface area contributed by atoms with Gasteiger partial charge in [0.25, 0.3) is 0 Å². The summed E-state index contributed by atoms with van der Waals surface area (Å²) >= 11 is 0. The predicted octanol–water partition coefficient (Wildman–Crippen LogP) is 6.96. The van der Waals surface area contributed by atoms with Crippen molar-refractivity contribution in [1.82, 2.24) is 0 Å². The Kier molecular flexibility index (Phi) is 4.14. The van der Waals surface area contributed by atoms with Gasteiger partial charge >= 0.3 is 0 Å². The Morgan fingerprint density at radius 1 is 0.571 bits per heavy atom. The Hall–Kier alpha value is -3.45. The third kappa shape index (κ3) is 2.86. The fraction of sp³-hybridized carbons (Fsp3) is 0.0741. The van der Waals surface area contributed by atoms with Crippen LogP contribution in [0.15, 0.2) is 97.1 Å². The molecule has 0 bridgehead atoms. The summed E-state index contributed by atoms with van der Waals surface area (Å²) in [6, 6.07) is 33.3. The van der Waals surface area contributed by atoms with Gasteiger partial charge in [-0.3, -0.25) is 4.79 Å². The van der Waals surface area contributed by atoms with Gasteiger partial charge in [-0.2, -0.15) is 0 Å². The fourth-order valence-electron chi connectivity index (χ4n) is 4.20. The van der Waals surface area contributed by atoms with Crippen LogP contribution in [0.3, 0.4) is 0 Å². The first kappa shape index (κ1) is 16.7. The third-order valence-corrected chi connectivity index (χ3v) is 5.55. The van der Waals surface area contributed by atoms with Gasteiger partial charge in [-0.05, 0) is 50.4 Å². The summed E-state index contributed by atoms with van der Waals surface area (Å²) in [5.74, 6) is 0.209. The van der Waals surface area contributed by atoms with Crippen LogP contribution in [0.5, 0.6) is 0 Å². The van der Waals surface area contributed by atoms with Crippen molar-refractivity contribution in [2.45, 2.75) is 12.8 Å². The quantitative estimate of drug-likeness (QED) is 0.250. The van der Waals surface area contributed by atoms with Crippen LogP contribution in [0.25, 0.3) is 32.3 Å². The normalized spacial score (nSPS) is 11.3. The molecule has 0 unspecified atom stereocenters. The van der Waals surface area contributed by atoms with Crippen LogP contribution in [0.4, 0.5) is 0 Å². The standard InChI is InChI=1S/C27H20O/c28-26(17-16-20-12-7-11-19-8-1-4-13-23(19)20)27-24-14-5-2-9-21(24)18-22-10-3-6-15-25(22)27/h1-15,18H,16-17H2. The van der Waals surface area contributed by atoms with Crippen molar-refractivity contribution >= 4 is 38.1 Å². The first-order chi connectivity index (χ1) is 13.8. The molecule has 0 atom stereocenters. The SMILES string of the molecule is O=C(CCc1cccc2ccccc12)c1c2ccccc2cc2ccccc12. The molecule has 5 rings (SSSR count). The molecule has 0 aliphatic carbocycles. The molecule has 0 radical (unpaired) electrons. The lowest BCUT2D eigenvalue weighted by Gasteiger charge is -2.11. The van der Waals surface area contributed by atoms with Gasteiger partial charge in [0.15, 0.2) is 5.78 Å². The lowest BCUT2D eigenvalue weighted by atomic mass is 9.91. The largest absolute Gasteiger partial charge is 0.294 e. The Balaban J connectivity index is 1.57. The first-order valence-corrected chi connectivity index (χ1v) is 9.71. The molecule has 0 fully saturated rings. The van der Waals surface area contributed by atoms with Crippen molar-refractivity contribution in [3.8, 4) is 0 Å². The second-order valence-electron chi connectivity index (χ2n) is 7.26. The van der Waals surface area contributed by atoms with Gasteiger partial charge in [-0.15, -0.1) is 0 Å². The van der Waals surface area contributed by atoms with Crippen LogP contribution in [-0.4, -0.2) is 5.78 Å². The van der Waals surface area contributed by atoms with Crippen molar-refractivity contribution in [3.63, 3.8) is 0 Å². The predicted molar refractivity (Wildman–Crippen MR) is 118 cm³/mol. The molecule has 0 amide bonds.